The van der Waals surface area contributed by atoms with Crippen LogP contribution >= 0.6 is 0 Å². The zero-order valence-corrected chi connectivity index (χ0v) is 13.4. The number of alkyl halides is 3. The summed E-state index contributed by atoms with van der Waals surface area (Å²) in [4.78, 5) is 16.6. The third-order valence-electron chi connectivity index (χ3n) is 3.56. The summed E-state index contributed by atoms with van der Waals surface area (Å²) in [6.45, 7) is 0. The minimum absolute atomic E-state index is 0.251. The van der Waals surface area contributed by atoms with Gasteiger partial charge >= 0.3 is 6.18 Å². The first-order valence-electron chi connectivity index (χ1n) is 7.69. The van der Waals surface area contributed by atoms with Gasteiger partial charge in [0.25, 0.3) is 5.91 Å². The molecule has 1 amide bonds. The van der Waals surface area contributed by atoms with Crippen LogP contribution in [0.25, 0.3) is 0 Å². The highest BCUT2D eigenvalue weighted by atomic mass is 19.4. The SMILES string of the molecule is O=C(Nc1ccccc1)c1cccnc1Nc1ccc(C(F)(F)F)cc1. The molecule has 0 fully saturated rings. The van der Waals surface area contributed by atoms with Crippen LogP contribution in [0.3, 0.4) is 0 Å². The fourth-order valence-corrected chi connectivity index (χ4v) is 2.29. The average Bonchev–Trinajstić information content (AvgIpc) is 2.63. The molecule has 1 aromatic heterocycles. The number of carbonyl (C=O) groups is 1. The number of aromatic nitrogens is 1. The van der Waals surface area contributed by atoms with E-state index in [1.54, 1.807) is 36.4 Å². The molecule has 0 unspecified atom stereocenters. The highest BCUT2D eigenvalue weighted by molar-refractivity contribution is 6.07. The number of pyridine rings is 1. The van der Waals surface area contributed by atoms with Gasteiger partial charge in [-0.05, 0) is 48.5 Å². The van der Waals surface area contributed by atoms with Gasteiger partial charge in [-0.25, -0.2) is 4.98 Å². The molecule has 1 heterocycles. The summed E-state index contributed by atoms with van der Waals surface area (Å²) in [5.41, 5.74) is 0.551. The summed E-state index contributed by atoms with van der Waals surface area (Å²) in [5, 5.41) is 5.62. The van der Waals surface area contributed by atoms with Crippen molar-refractivity contribution >= 4 is 23.1 Å². The van der Waals surface area contributed by atoms with E-state index in [1.165, 1.54) is 18.3 Å². The number of hydrogen-bond donors (Lipinski definition) is 2. The number of anilines is 3. The van der Waals surface area contributed by atoms with Crippen molar-refractivity contribution in [3.8, 4) is 0 Å². The standard InChI is InChI=1S/C19H14F3N3O/c20-19(21,22)13-8-10-15(11-9-13)24-17-16(7-4-12-23-17)18(26)25-14-5-2-1-3-6-14/h1-12H,(H,23,24)(H,25,26). The molecule has 0 bridgehead atoms. The summed E-state index contributed by atoms with van der Waals surface area (Å²) in [6.07, 6.45) is -2.91. The maximum absolute atomic E-state index is 12.6. The molecule has 0 atom stereocenters. The second kappa shape index (κ2) is 7.26. The zero-order chi connectivity index (χ0) is 18.6. The van der Waals surface area contributed by atoms with Gasteiger partial charge in [-0.1, -0.05) is 18.2 Å². The van der Waals surface area contributed by atoms with Crippen molar-refractivity contribution in [1.82, 2.24) is 4.98 Å². The van der Waals surface area contributed by atoms with Crippen molar-refractivity contribution in [3.05, 3.63) is 84.1 Å². The van der Waals surface area contributed by atoms with Crippen LogP contribution in [0.1, 0.15) is 15.9 Å². The number of nitrogens with one attached hydrogen (secondary N) is 2. The smallest absolute Gasteiger partial charge is 0.340 e. The molecule has 3 rings (SSSR count). The molecule has 2 N–H and O–H groups in total. The lowest BCUT2D eigenvalue weighted by molar-refractivity contribution is -0.137. The first-order valence-corrected chi connectivity index (χ1v) is 7.69. The lowest BCUT2D eigenvalue weighted by Gasteiger charge is -2.12. The molecule has 0 radical (unpaired) electrons. The second-order valence-corrected chi connectivity index (χ2v) is 5.42. The molecule has 0 aliphatic rings. The Bertz CT molecular complexity index is 894. The van der Waals surface area contributed by atoms with Crippen molar-refractivity contribution in [2.24, 2.45) is 0 Å². The van der Waals surface area contributed by atoms with Crippen LogP contribution in [0.15, 0.2) is 72.9 Å². The quantitative estimate of drug-likeness (QED) is 0.683. The van der Waals surface area contributed by atoms with Crippen molar-refractivity contribution in [1.29, 1.82) is 0 Å². The Morgan fingerprint density at radius 1 is 0.846 bits per heavy atom. The summed E-state index contributed by atoms with van der Waals surface area (Å²) in [7, 11) is 0. The number of amides is 1. The van der Waals surface area contributed by atoms with Crippen LogP contribution < -0.4 is 10.6 Å². The molecular formula is C19H14F3N3O. The Labute approximate surface area is 147 Å². The zero-order valence-electron chi connectivity index (χ0n) is 13.4. The van der Waals surface area contributed by atoms with Crippen molar-refractivity contribution in [2.45, 2.75) is 6.18 Å². The Morgan fingerprint density at radius 2 is 1.54 bits per heavy atom. The molecule has 0 spiro atoms. The van der Waals surface area contributed by atoms with Gasteiger partial charge in [-0.2, -0.15) is 13.2 Å². The normalized spacial score (nSPS) is 11.0. The third-order valence-corrected chi connectivity index (χ3v) is 3.56. The molecule has 0 saturated carbocycles. The summed E-state index contributed by atoms with van der Waals surface area (Å²) >= 11 is 0. The molecule has 3 aromatic rings. The predicted molar refractivity (Wildman–Crippen MR) is 93.4 cm³/mol. The van der Waals surface area contributed by atoms with Crippen molar-refractivity contribution in [2.75, 3.05) is 10.6 Å². The topological polar surface area (TPSA) is 54.0 Å². The van der Waals surface area contributed by atoms with E-state index in [0.717, 1.165) is 12.1 Å². The Kier molecular flexibility index (Phi) is 4.88. The number of rotatable bonds is 4. The van der Waals surface area contributed by atoms with E-state index in [1.807, 2.05) is 6.07 Å². The van der Waals surface area contributed by atoms with E-state index >= 15 is 0 Å². The monoisotopic (exact) mass is 357 g/mol. The van der Waals surface area contributed by atoms with Gasteiger partial charge in [0.2, 0.25) is 0 Å². The molecule has 7 heteroatoms. The van der Waals surface area contributed by atoms with Crippen molar-refractivity contribution in [3.63, 3.8) is 0 Å². The van der Waals surface area contributed by atoms with E-state index in [4.69, 9.17) is 0 Å². The van der Waals surface area contributed by atoms with E-state index in [2.05, 4.69) is 15.6 Å². The fourth-order valence-electron chi connectivity index (χ4n) is 2.29. The van der Waals surface area contributed by atoms with Gasteiger partial charge in [0, 0.05) is 17.6 Å². The van der Waals surface area contributed by atoms with Crippen LogP contribution in [0.4, 0.5) is 30.4 Å². The first-order chi connectivity index (χ1) is 12.4. The van der Waals surface area contributed by atoms with Crippen LogP contribution in [-0.2, 0) is 6.18 Å². The van der Waals surface area contributed by atoms with Gasteiger partial charge in [-0.3, -0.25) is 4.79 Å². The lowest BCUT2D eigenvalue weighted by Crippen LogP contribution is -2.14. The molecular weight excluding hydrogens is 343 g/mol. The van der Waals surface area contributed by atoms with Crippen LogP contribution in [0.2, 0.25) is 0 Å². The van der Waals surface area contributed by atoms with Gasteiger partial charge in [-0.15, -0.1) is 0 Å². The third kappa shape index (κ3) is 4.18. The minimum atomic E-state index is -4.40. The number of hydrogen-bond acceptors (Lipinski definition) is 3. The summed E-state index contributed by atoms with van der Waals surface area (Å²) < 4.78 is 37.9. The van der Waals surface area contributed by atoms with Gasteiger partial charge < -0.3 is 10.6 Å². The van der Waals surface area contributed by atoms with Gasteiger partial charge in [0.1, 0.15) is 5.82 Å². The molecule has 0 aliphatic heterocycles. The number of para-hydroxylation sites is 1. The number of carbonyl (C=O) groups excluding carboxylic acids is 1. The largest absolute Gasteiger partial charge is 0.416 e. The average molecular weight is 357 g/mol. The van der Waals surface area contributed by atoms with E-state index in [9.17, 15) is 18.0 Å². The molecule has 26 heavy (non-hydrogen) atoms. The maximum Gasteiger partial charge on any atom is 0.416 e. The molecule has 2 aromatic carbocycles. The summed E-state index contributed by atoms with van der Waals surface area (Å²) in [5.74, 6) is -0.126. The number of benzene rings is 2. The molecule has 4 nitrogen and oxygen atoms in total. The molecule has 0 saturated heterocycles. The highest BCUT2D eigenvalue weighted by Crippen LogP contribution is 2.30. The van der Waals surface area contributed by atoms with Crippen LogP contribution in [0.5, 0.6) is 0 Å². The maximum atomic E-state index is 12.6. The Balaban J connectivity index is 1.80. The molecule has 0 aliphatic carbocycles. The predicted octanol–water partition coefficient (Wildman–Crippen LogP) is 5.10. The van der Waals surface area contributed by atoms with Crippen molar-refractivity contribution < 1.29 is 18.0 Å². The second-order valence-electron chi connectivity index (χ2n) is 5.42. The summed E-state index contributed by atoms with van der Waals surface area (Å²) in [6, 6.07) is 16.6. The minimum Gasteiger partial charge on any atom is -0.340 e. The van der Waals surface area contributed by atoms with Crippen LogP contribution in [-0.4, -0.2) is 10.9 Å². The number of nitrogens with zero attached hydrogens (tertiary/aromatic N) is 1. The van der Waals surface area contributed by atoms with E-state index in [0.29, 0.717) is 11.4 Å². The number of halogens is 3. The molecule has 132 valence electrons. The van der Waals surface area contributed by atoms with Gasteiger partial charge in [0.15, 0.2) is 0 Å². The van der Waals surface area contributed by atoms with E-state index < -0.39 is 11.7 Å². The fraction of sp³-hybridized carbons (Fsp3) is 0.0526. The highest BCUT2D eigenvalue weighted by Gasteiger charge is 2.30. The first kappa shape index (κ1) is 17.5. The van der Waals surface area contributed by atoms with E-state index in [-0.39, 0.29) is 17.3 Å². The van der Waals surface area contributed by atoms with Crippen LogP contribution in [0, 0.1) is 0 Å². The van der Waals surface area contributed by atoms with Gasteiger partial charge in [0.05, 0.1) is 11.1 Å². The Morgan fingerprint density at radius 3 is 2.19 bits per heavy atom. The Hall–Kier alpha value is -3.35. The lowest BCUT2D eigenvalue weighted by atomic mass is 10.2.